The Bertz CT molecular complexity index is 175. The van der Waals surface area contributed by atoms with Crippen LogP contribution in [0.4, 0.5) is 0 Å². The molecule has 0 aromatic rings. The van der Waals surface area contributed by atoms with E-state index in [0.29, 0.717) is 0 Å². The number of hydrogen-bond donors (Lipinski definition) is 5. The van der Waals surface area contributed by atoms with Gasteiger partial charge in [0.25, 0.3) is 0 Å². The zero-order valence-electron chi connectivity index (χ0n) is 7.16. The maximum absolute atomic E-state index is 10.6. The molecule has 0 saturated heterocycles. The van der Waals surface area contributed by atoms with E-state index in [-0.39, 0.29) is 10.2 Å². The predicted octanol–water partition coefficient (Wildman–Crippen LogP) is -4.69. The highest BCUT2D eigenvalue weighted by molar-refractivity contribution is 6.58. The first-order valence-electron chi connectivity index (χ1n) is 3.75. The molecule has 0 fully saturated rings. The van der Waals surface area contributed by atoms with Gasteiger partial charge in [-0.1, -0.05) is 0 Å². The summed E-state index contributed by atoms with van der Waals surface area (Å²) in [5.74, 6) is 0. The maximum atomic E-state index is 10.6. The average molecular weight is 210 g/mol. The van der Waals surface area contributed by atoms with Gasteiger partial charge in [0, 0.05) is 0 Å². The van der Waals surface area contributed by atoms with Gasteiger partial charge < -0.3 is 30.3 Å². The van der Waals surface area contributed by atoms with Gasteiger partial charge in [0.2, 0.25) is 0 Å². The van der Waals surface area contributed by atoms with Crippen LogP contribution in [0.5, 0.6) is 0 Å². The lowest BCUT2D eigenvalue weighted by atomic mass is 10.0. The normalized spacial score (nSPS) is 20.7. The van der Waals surface area contributed by atoms with Crippen molar-refractivity contribution in [1.29, 1.82) is 0 Å². The van der Waals surface area contributed by atoms with E-state index in [1.165, 1.54) is 0 Å². The molecular formula is C6H14O6Si. The Morgan fingerprint density at radius 1 is 1.15 bits per heavy atom. The minimum Gasteiger partial charge on any atom is -0.394 e. The van der Waals surface area contributed by atoms with E-state index >= 15 is 0 Å². The fraction of sp³-hybridized carbons (Fsp3) is 0.833. The molecule has 0 spiro atoms. The van der Waals surface area contributed by atoms with E-state index in [9.17, 15) is 4.79 Å². The van der Waals surface area contributed by atoms with Gasteiger partial charge in [-0.3, -0.25) is 0 Å². The second-order valence-corrected chi connectivity index (χ2v) is 3.77. The lowest BCUT2D eigenvalue weighted by molar-refractivity contribution is -0.140. The lowest BCUT2D eigenvalue weighted by Gasteiger charge is -2.24. The second-order valence-electron chi connectivity index (χ2n) is 2.79. The van der Waals surface area contributed by atoms with Crippen LogP contribution < -0.4 is 0 Å². The van der Waals surface area contributed by atoms with Crippen LogP contribution in [-0.4, -0.2) is 72.2 Å². The van der Waals surface area contributed by atoms with Crippen LogP contribution in [0.15, 0.2) is 0 Å². The van der Waals surface area contributed by atoms with Crippen molar-refractivity contribution in [2.45, 2.75) is 24.4 Å². The van der Waals surface area contributed by atoms with Crippen molar-refractivity contribution in [2.24, 2.45) is 0 Å². The maximum Gasteiger partial charge on any atom is 0.135 e. The summed E-state index contributed by atoms with van der Waals surface area (Å²) >= 11 is 0. The molecule has 0 rings (SSSR count). The van der Waals surface area contributed by atoms with Crippen LogP contribution in [0.3, 0.4) is 0 Å². The highest BCUT2D eigenvalue weighted by Gasteiger charge is 2.31. The number of aliphatic hydroxyl groups excluding tert-OH is 5. The summed E-state index contributed by atoms with van der Waals surface area (Å²) in [5.41, 5.74) is 0. The number of aliphatic hydroxyl groups is 5. The Hall–Kier alpha value is -0.313. The van der Waals surface area contributed by atoms with Crippen LogP contribution in [0.25, 0.3) is 0 Å². The first-order valence-corrected chi connectivity index (χ1v) is 4.75. The molecular weight excluding hydrogens is 196 g/mol. The molecule has 0 aliphatic rings. The summed E-state index contributed by atoms with van der Waals surface area (Å²) in [6.07, 6.45) is -6.74. The topological polar surface area (TPSA) is 118 Å². The van der Waals surface area contributed by atoms with E-state index in [2.05, 4.69) is 0 Å². The van der Waals surface area contributed by atoms with E-state index < -0.39 is 36.4 Å². The Labute approximate surface area is 77.9 Å². The summed E-state index contributed by atoms with van der Waals surface area (Å²) in [6.45, 7) is -0.750. The molecule has 0 aliphatic heterocycles. The molecule has 4 atom stereocenters. The van der Waals surface area contributed by atoms with Crippen molar-refractivity contribution in [2.75, 3.05) is 6.61 Å². The van der Waals surface area contributed by atoms with Crippen molar-refractivity contribution < 1.29 is 30.3 Å². The quantitative estimate of drug-likeness (QED) is 0.291. The smallest absolute Gasteiger partial charge is 0.135 e. The van der Waals surface area contributed by atoms with Gasteiger partial charge in [-0.25, -0.2) is 0 Å². The number of carbonyl (C=O) groups is 1. The van der Waals surface area contributed by atoms with Crippen molar-refractivity contribution >= 4 is 15.6 Å². The van der Waals surface area contributed by atoms with Gasteiger partial charge in [-0.2, -0.15) is 0 Å². The first kappa shape index (κ1) is 12.7. The van der Waals surface area contributed by atoms with Crippen molar-refractivity contribution in [3.8, 4) is 0 Å². The molecule has 0 bridgehead atoms. The summed E-state index contributed by atoms with van der Waals surface area (Å²) in [7, 11) is 0.0397. The molecule has 0 heterocycles. The molecule has 0 aliphatic carbocycles. The van der Waals surface area contributed by atoms with E-state index in [1.54, 1.807) is 0 Å². The van der Waals surface area contributed by atoms with Gasteiger partial charge in [-0.15, -0.1) is 0 Å². The van der Waals surface area contributed by atoms with Gasteiger partial charge >= 0.3 is 0 Å². The number of rotatable bonds is 5. The summed E-state index contributed by atoms with van der Waals surface area (Å²) in [4.78, 5) is 10.6. The highest BCUT2D eigenvalue weighted by Crippen LogP contribution is 2.04. The minimum atomic E-state index is -1.76. The van der Waals surface area contributed by atoms with Crippen LogP contribution in [0.1, 0.15) is 0 Å². The molecule has 13 heavy (non-hydrogen) atoms. The zero-order valence-corrected chi connectivity index (χ0v) is 9.16. The fourth-order valence-electron chi connectivity index (χ4n) is 0.763. The number of carbonyl (C=O) groups excluding carboxylic acids is 1. The molecule has 78 valence electrons. The Kier molecular flexibility index (Phi) is 5.29. The van der Waals surface area contributed by atoms with Crippen molar-refractivity contribution in [1.82, 2.24) is 0 Å². The molecule has 0 unspecified atom stereocenters. The summed E-state index contributed by atoms with van der Waals surface area (Å²) in [5, 5.41) is 43.8. The van der Waals surface area contributed by atoms with Crippen LogP contribution in [0, 0.1) is 0 Å². The third-order valence-corrected chi connectivity index (χ3v) is 2.26. The van der Waals surface area contributed by atoms with Gasteiger partial charge in [0.15, 0.2) is 0 Å². The van der Waals surface area contributed by atoms with Crippen LogP contribution in [0.2, 0.25) is 0 Å². The van der Waals surface area contributed by atoms with Gasteiger partial charge in [0.1, 0.15) is 29.8 Å². The minimum absolute atomic E-state index is 0.0397. The summed E-state index contributed by atoms with van der Waals surface area (Å²) < 4.78 is 0. The van der Waals surface area contributed by atoms with Gasteiger partial charge in [-0.05, 0) is 0 Å². The molecule has 5 N–H and O–H groups in total. The average Bonchev–Trinajstić information content (AvgIpc) is 2.12. The Balaban J connectivity index is 4.24. The number of hydrogen-bond acceptors (Lipinski definition) is 6. The monoisotopic (exact) mass is 210 g/mol. The molecule has 0 aromatic carbocycles. The van der Waals surface area contributed by atoms with E-state index in [1.807, 2.05) is 0 Å². The predicted molar refractivity (Wildman–Crippen MR) is 46.1 cm³/mol. The van der Waals surface area contributed by atoms with Crippen molar-refractivity contribution in [3.05, 3.63) is 0 Å². The fourth-order valence-corrected chi connectivity index (χ4v) is 1.10. The Morgan fingerprint density at radius 3 is 1.92 bits per heavy atom. The van der Waals surface area contributed by atoms with E-state index in [4.69, 9.17) is 25.5 Å². The molecule has 0 amide bonds. The standard InChI is InChI=1S/C6H14O6Si/c7-1-2(8)3(9)4(10)5(11)6(12)13/h2-5,7-11H,1H2,13H3/t2-,3-,4+,5+/m1/s1. The SMILES string of the molecule is O=C([SiH3])[C@@H](O)[C@@H](O)[C@H](O)[C@H](O)CO. The zero-order chi connectivity index (χ0) is 10.6. The van der Waals surface area contributed by atoms with Crippen LogP contribution in [-0.2, 0) is 4.79 Å². The third-order valence-electron chi connectivity index (χ3n) is 1.67. The summed E-state index contributed by atoms with van der Waals surface area (Å²) in [6, 6.07) is 0. The molecule has 7 heteroatoms. The van der Waals surface area contributed by atoms with Gasteiger partial charge in [0.05, 0.1) is 16.8 Å². The molecule has 0 saturated carbocycles. The van der Waals surface area contributed by atoms with Crippen molar-refractivity contribution in [3.63, 3.8) is 0 Å². The molecule has 0 aromatic heterocycles. The Morgan fingerprint density at radius 2 is 1.62 bits per heavy atom. The molecule has 6 nitrogen and oxygen atoms in total. The highest BCUT2D eigenvalue weighted by atomic mass is 28.1. The second kappa shape index (κ2) is 5.42. The lowest BCUT2D eigenvalue weighted by Crippen LogP contribution is -2.48. The van der Waals surface area contributed by atoms with E-state index in [0.717, 1.165) is 0 Å². The first-order chi connectivity index (χ1) is 5.91. The largest absolute Gasteiger partial charge is 0.394 e. The molecule has 0 radical (unpaired) electrons. The third kappa shape index (κ3) is 3.51. The van der Waals surface area contributed by atoms with Crippen LogP contribution >= 0.6 is 0 Å².